The van der Waals surface area contributed by atoms with E-state index in [1.54, 1.807) is 18.2 Å². The highest BCUT2D eigenvalue weighted by atomic mass is 32.1. The van der Waals surface area contributed by atoms with Gasteiger partial charge in [-0.2, -0.15) is 0 Å². The quantitative estimate of drug-likeness (QED) is 0.805. The summed E-state index contributed by atoms with van der Waals surface area (Å²) in [5, 5.41) is 13.0. The molecule has 0 saturated carbocycles. The van der Waals surface area contributed by atoms with E-state index in [0.29, 0.717) is 10.7 Å². The summed E-state index contributed by atoms with van der Waals surface area (Å²) >= 11 is 5.53. The summed E-state index contributed by atoms with van der Waals surface area (Å²) in [4.78, 5) is 19.9. The van der Waals surface area contributed by atoms with E-state index in [9.17, 15) is 4.79 Å². The predicted octanol–water partition coefficient (Wildman–Crippen LogP) is 2.92. The number of carbonyl (C=O) groups is 1. The van der Waals surface area contributed by atoms with Gasteiger partial charge in [-0.25, -0.2) is 9.78 Å². The van der Waals surface area contributed by atoms with Crippen LogP contribution in [0.1, 0.15) is 21.6 Å². The maximum atomic E-state index is 11.1. The first-order chi connectivity index (χ1) is 12.4. The smallest absolute Gasteiger partial charge is 0.335 e. The number of carboxylic acids is 1. The van der Waals surface area contributed by atoms with Gasteiger partial charge in [-0.05, 0) is 62.0 Å². The maximum Gasteiger partial charge on any atom is 0.335 e. The molecule has 1 aliphatic rings. The molecule has 2 N–H and O–H groups in total. The molecular weight excluding hydrogens is 348 g/mol. The average Bonchev–Trinajstić information content (AvgIpc) is 2.61. The van der Waals surface area contributed by atoms with Crippen LogP contribution in [0.25, 0.3) is 0 Å². The van der Waals surface area contributed by atoms with Crippen molar-refractivity contribution in [1.82, 2.24) is 9.88 Å². The van der Waals surface area contributed by atoms with Gasteiger partial charge < -0.3 is 20.2 Å². The van der Waals surface area contributed by atoms with Crippen molar-refractivity contribution < 1.29 is 9.90 Å². The molecule has 0 bridgehead atoms. The lowest BCUT2D eigenvalue weighted by Gasteiger charge is -2.37. The molecule has 7 heteroatoms. The highest BCUT2D eigenvalue weighted by Crippen LogP contribution is 2.19. The minimum absolute atomic E-state index is 0.308. The van der Waals surface area contributed by atoms with Gasteiger partial charge in [0.2, 0.25) is 0 Å². The minimum atomic E-state index is -0.906. The molecule has 0 aliphatic carbocycles. The molecule has 3 rings (SSSR count). The van der Waals surface area contributed by atoms with Gasteiger partial charge in [-0.15, -0.1) is 0 Å². The van der Waals surface area contributed by atoms with Crippen molar-refractivity contribution in [2.75, 3.05) is 36.4 Å². The van der Waals surface area contributed by atoms with Gasteiger partial charge in [-0.3, -0.25) is 0 Å². The normalized spacial score (nSPS) is 14.2. The molecule has 1 aromatic carbocycles. The van der Waals surface area contributed by atoms with Crippen LogP contribution in [-0.4, -0.2) is 52.3 Å². The number of thiocarbonyl (C=S) groups is 1. The Morgan fingerprint density at radius 2 is 1.88 bits per heavy atom. The van der Waals surface area contributed by atoms with Gasteiger partial charge in [0.05, 0.1) is 5.56 Å². The van der Waals surface area contributed by atoms with Crippen LogP contribution in [0, 0.1) is 13.8 Å². The second-order valence-electron chi connectivity index (χ2n) is 6.43. The van der Waals surface area contributed by atoms with E-state index in [1.807, 2.05) is 32.0 Å². The number of carboxylic acid groups (broad SMARTS) is 1. The molecule has 6 nitrogen and oxygen atoms in total. The number of pyridine rings is 1. The maximum absolute atomic E-state index is 11.1. The predicted molar refractivity (Wildman–Crippen MR) is 107 cm³/mol. The van der Waals surface area contributed by atoms with Crippen molar-refractivity contribution in [2.24, 2.45) is 0 Å². The van der Waals surface area contributed by atoms with E-state index in [4.69, 9.17) is 17.3 Å². The van der Waals surface area contributed by atoms with Crippen LogP contribution < -0.4 is 10.2 Å². The van der Waals surface area contributed by atoms with E-state index in [2.05, 4.69) is 20.1 Å². The topological polar surface area (TPSA) is 68.7 Å². The van der Waals surface area contributed by atoms with E-state index in [-0.39, 0.29) is 0 Å². The molecule has 1 aliphatic heterocycles. The molecule has 26 heavy (non-hydrogen) atoms. The van der Waals surface area contributed by atoms with Crippen LogP contribution in [0.2, 0.25) is 0 Å². The summed E-state index contributed by atoms with van der Waals surface area (Å²) in [7, 11) is 0. The molecule has 136 valence electrons. The third-order valence-corrected chi connectivity index (χ3v) is 4.72. The fourth-order valence-electron chi connectivity index (χ4n) is 3.10. The lowest BCUT2D eigenvalue weighted by Crippen LogP contribution is -2.50. The van der Waals surface area contributed by atoms with Crippen molar-refractivity contribution >= 4 is 34.8 Å². The second kappa shape index (κ2) is 7.70. The Morgan fingerprint density at radius 1 is 1.15 bits per heavy atom. The molecule has 1 fully saturated rings. The van der Waals surface area contributed by atoms with Gasteiger partial charge in [0.1, 0.15) is 5.82 Å². The van der Waals surface area contributed by atoms with Crippen molar-refractivity contribution in [3.63, 3.8) is 0 Å². The molecular formula is C19H22N4O2S. The van der Waals surface area contributed by atoms with E-state index in [0.717, 1.165) is 48.9 Å². The highest BCUT2D eigenvalue weighted by Gasteiger charge is 2.20. The van der Waals surface area contributed by atoms with Crippen molar-refractivity contribution in [1.29, 1.82) is 0 Å². The Labute approximate surface area is 158 Å². The Kier molecular flexibility index (Phi) is 5.37. The SMILES string of the molecule is Cc1cc(C)nc(NC(=S)N2CCN(c3cccc(C(=O)O)c3)CC2)c1. The number of hydrogen-bond acceptors (Lipinski definition) is 4. The monoisotopic (exact) mass is 370 g/mol. The van der Waals surface area contributed by atoms with Crippen molar-refractivity contribution in [2.45, 2.75) is 13.8 Å². The Hall–Kier alpha value is -2.67. The van der Waals surface area contributed by atoms with Gasteiger partial charge >= 0.3 is 5.97 Å². The number of aromatic carboxylic acids is 1. The number of hydrogen-bond donors (Lipinski definition) is 2. The summed E-state index contributed by atoms with van der Waals surface area (Å²) in [6.45, 7) is 7.11. The number of anilines is 2. The lowest BCUT2D eigenvalue weighted by atomic mass is 10.1. The van der Waals surface area contributed by atoms with Gasteiger partial charge in [0.15, 0.2) is 5.11 Å². The minimum Gasteiger partial charge on any atom is -0.478 e. The van der Waals surface area contributed by atoms with Crippen LogP contribution in [0.3, 0.4) is 0 Å². The number of aryl methyl sites for hydroxylation is 2. The van der Waals surface area contributed by atoms with Gasteiger partial charge in [0, 0.05) is 37.6 Å². The average molecular weight is 370 g/mol. The third kappa shape index (κ3) is 4.29. The fourth-order valence-corrected chi connectivity index (χ4v) is 3.38. The summed E-state index contributed by atoms with van der Waals surface area (Å²) in [5.41, 5.74) is 3.34. The van der Waals surface area contributed by atoms with Crippen LogP contribution >= 0.6 is 12.2 Å². The number of piperazine rings is 1. The van der Waals surface area contributed by atoms with Crippen molar-refractivity contribution in [3.8, 4) is 0 Å². The molecule has 1 aromatic heterocycles. The van der Waals surface area contributed by atoms with E-state index in [1.165, 1.54) is 0 Å². The van der Waals surface area contributed by atoms with Gasteiger partial charge in [-0.1, -0.05) is 6.07 Å². The second-order valence-corrected chi connectivity index (χ2v) is 6.82. The lowest BCUT2D eigenvalue weighted by molar-refractivity contribution is 0.0697. The number of nitrogens with one attached hydrogen (secondary N) is 1. The molecule has 1 saturated heterocycles. The Balaban J connectivity index is 1.60. The first-order valence-electron chi connectivity index (χ1n) is 8.52. The van der Waals surface area contributed by atoms with Crippen LogP contribution in [0.4, 0.5) is 11.5 Å². The summed E-state index contributed by atoms with van der Waals surface area (Å²) in [6, 6.07) is 11.1. The van der Waals surface area contributed by atoms with Crippen LogP contribution in [0.5, 0.6) is 0 Å². The number of rotatable bonds is 3. The largest absolute Gasteiger partial charge is 0.478 e. The number of benzene rings is 1. The zero-order chi connectivity index (χ0) is 18.7. The molecule has 0 unspecified atom stereocenters. The summed E-state index contributed by atoms with van der Waals surface area (Å²) < 4.78 is 0. The molecule has 0 atom stereocenters. The standard InChI is InChI=1S/C19H22N4O2S/c1-13-10-14(2)20-17(11-13)21-19(26)23-8-6-22(7-9-23)16-5-3-4-15(12-16)18(24)25/h3-5,10-12H,6-9H2,1-2H3,(H,24,25)(H,20,21,26). The first kappa shape index (κ1) is 18.1. The first-order valence-corrected chi connectivity index (χ1v) is 8.93. The fraction of sp³-hybridized carbons (Fsp3) is 0.316. The van der Waals surface area contributed by atoms with Crippen LogP contribution in [0.15, 0.2) is 36.4 Å². The Bertz CT molecular complexity index is 812. The molecule has 2 heterocycles. The molecule has 2 aromatic rings. The summed E-state index contributed by atoms with van der Waals surface area (Å²) in [6.07, 6.45) is 0. The zero-order valence-corrected chi connectivity index (χ0v) is 15.7. The third-order valence-electron chi connectivity index (χ3n) is 4.36. The van der Waals surface area contributed by atoms with Gasteiger partial charge in [0.25, 0.3) is 0 Å². The zero-order valence-electron chi connectivity index (χ0n) is 14.9. The highest BCUT2D eigenvalue weighted by molar-refractivity contribution is 7.80. The number of nitrogens with zero attached hydrogens (tertiary/aromatic N) is 3. The van der Waals surface area contributed by atoms with E-state index >= 15 is 0 Å². The molecule has 0 radical (unpaired) electrons. The van der Waals surface area contributed by atoms with Crippen molar-refractivity contribution in [3.05, 3.63) is 53.2 Å². The Morgan fingerprint density at radius 3 is 2.54 bits per heavy atom. The number of aromatic nitrogens is 1. The van der Waals surface area contributed by atoms with Crippen LogP contribution in [-0.2, 0) is 0 Å². The molecule has 0 amide bonds. The van der Waals surface area contributed by atoms with E-state index < -0.39 is 5.97 Å². The summed E-state index contributed by atoms with van der Waals surface area (Å²) in [5.74, 6) is -0.138. The molecule has 0 spiro atoms.